The molecule has 1 fully saturated rings. The number of anilines is 1. The highest BCUT2D eigenvalue weighted by atomic mass is 35.5. The molecular weight excluding hydrogens is 377 g/mol. The molecule has 0 bridgehead atoms. The molecule has 3 aromatic heterocycles. The summed E-state index contributed by atoms with van der Waals surface area (Å²) in [4.78, 5) is 15.4. The van der Waals surface area contributed by atoms with E-state index in [1.165, 1.54) is 6.20 Å². The second-order valence-corrected chi connectivity index (χ2v) is 6.99. The monoisotopic (exact) mass is 393 g/mol. The van der Waals surface area contributed by atoms with Crippen LogP contribution in [-0.4, -0.2) is 60.1 Å². The van der Waals surface area contributed by atoms with Crippen molar-refractivity contribution in [2.75, 3.05) is 11.9 Å². The lowest BCUT2D eigenvalue weighted by Crippen LogP contribution is -2.35. The van der Waals surface area contributed by atoms with Gasteiger partial charge in [-0.25, -0.2) is 19.3 Å². The van der Waals surface area contributed by atoms with Gasteiger partial charge in [0.15, 0.2) is 17.5 Å². The number of hydrogen-bond donors (Lipinski definition) is 5. The van der Waals surface area contributed by atoms with E-state index in [0.29, 0.717) is 21.6 Å². The maximum absolute atomic E-state index is 14.2. The van der Waals surface area contributed by atoms with E-state index in [1.54, 1.807) is 12.3 Å². The SMILES string of the molecule is OC[C@H]1C[C@@H](Nc2nc(-c3c[nH]c4ncc(Cl)cc34)ncc2F)[C@H](O)[C@@H]1O. The number of nitrogens with one attached hydrogen (secondary N) is 2. The number of pyridine rings is 1. The molecule has 0 unspecified atom stereocenters. The Kier molecular flexibility index (Phi) is 4.68. The molecule has 0 aliphatic heterocycles. The lowest BCUT2D eigenvalue weighted by atomic mass is 10.1. The van der Waals surface area contributed by atoms with Gasteiger partial charge in [0.25, 0.3) is 0 Å². The summed E-state index contributed by atoms with van der Waals surface area (Å²) in [7, 11) is 0. The first-order valence-electron chi connectivity index (χ1n) is 8.37. The largest absolute Gasteiger partial charge is 0.396 e. The number of aliphatic hydroxyl groups excluding tert-OH is 3. The molecule has 10 heteroatoms. The van der Waals surface area contributed by atoms with Crippen LogP contribution in [0.15, 0.2) is 24.7 Å². The predicted molar refractivity (Wildman–Crippen MR) is 96.7 cm³/mol. The van der Waals surface area contributed by atoms with Gasteiger partial charge in [0, 0.05) is 35.9 Å². The van der Waals surface area contributed by atoms with Crippen molar-refractivity contribution in [3.8, 4) is 11.4 Å². The van der Waals surface area contributed by atoms with Gasteiger partial charge < -0.3 is 25.6 Å². The standard InChI is InChI=1S/C17H17ClFN5O3/c18-8-2-9-10(4-21-15(9)20-3-8)16-22-5-11(19)17(24-16)23-12-1-7(6-25)13(26)14(12)27/h2-5,7,12-14,25-27H,1,6H2,(H,20,21)(H,22,23,24)/t7-,12-,13-,14+/m1/s1. The summed E-state index contributed by atoms with van der Waals surface area (Å²) in [6, 6.07) is 1.06. The van der Waals surface area contributed by atoms with Crippen molar-refractivity contribution in [2.45, 2.75) is 24.7 Å². The minimum Gasteiger partial charge on any atom is -0.396 e. The lowest BCUT2D eigenvalue weighted by Gasteiger charge is -2.19. The van der Waals surface area contributed by atoms with Gasteiger partial charge in [-0.05, 0) is 12.5 Å². The van der Waals surface area contributed by atoms with Gasteiger partial charge in [-0.3, -0.25) is 0 Å². The number of aromatic amines is 1. The van der Waals surface area contributed by atoms with E-state index in [9.17, 15) is 19.7 Å². The average Bonchev–Trinajstić information content (AvgIpc) is 3.19. The van der Waals surface area contributed by atoms with Crippen molar-refractivity contribution in [3.63, 3.8) is 0 Å². The van der Waals surface area contributed by atoms with Crippen molar-refractivity contribution < 1.29 is 19.7 Å². The molecule has 3 aromatic rings. The van der Waals surface area contributed by atoms with Crippen LogP contribution in [0.1, 0.15) is 6.42 Å². The molecule has 27 heavy (non-hydrogen) atoms. The summed E-state index contributed by atoms with van der Waals surface area (Å²) < 4.78 is 14.2. The van der Waals surface area contributed by atoms with Crippen molar-refractivity contribution in [3.05, 3.63) is 35.5 Å². The summed E-state index contributed by atoms with van der Waals surface area (Å²) in [6.45, 7) is -0.267. The number of halogens is 2. The number of aromatic nitrogens is 4. The van der Waals surface area contributed by atoms with Gasteiger partial charge in [-0.15, -0.1) is 0 Å². The van der Waals surface area contributed by atoms with Crippen LogP contribution in [0.2, 0.25) is 5.02 Å². The van der Waals surface area contributed by atoms with Crippen LogP contribution < -0.4 is 5.32 Å². The average molecular weight is 394 g/mol. The molecule has 4 atom stereocenters. The lowest BCUT2D eigenvalue weighted by molar-refractivity contribution is 0.00443. The maximum Gasteiger partial charge on any atom is 0.183 e. The molecule has 0 radical (unpaired) electrons. The van der Waals surface area contributed by atoms with Gasteiger partial charge >= 0.3 is 0 Å². The Hall–Kier alpha value is -2.33. The van der Waals surface area contributed by atoms with Crippen molar-refractivity contribution in [1.29, 1.82) is 0 Å². The first-order chi connectivity index (χ1) is 13.0. The molecule has 4 rings (SSSR count). The topological polar surface area (TPSA) is 127 Å². The zero-order valence-corrected chi connectivity index (χ0v) is 14.7. The van der Waals surface area contributed by atoms with Crippen LogP contribution in [0, 0.1) is 11.7 Å². The number of rotatable bonds is 4. The van der Waals surface area contributed by atoms with E-state index in [4.69, 9.17) is 11.6 Å². The third-order valence-electron chi connectivity index (χ3n) is 4.84. The molecule has 1 aliphatic carbocycles. The van der Waals surface area contributed by atoms with Gasteiger partial charge in [-0.1, -0.05) is 11.6 Å². The molecule has 1 saturated carbocycles. The van der Waals surface area contributed by atoms with E-state index in [0.717, 1.165) is 6.20 Å². The summed E-state index contributed by atoms with van der Waals surface area (Å²) in [5.41, 5.74) is 1.19. The van der Waals surface area contributed by atoms with Crippen LogP contribution >= 0.6 is 11.6 Å². The Morgan fingerprint density at radius 2 is 2.07 bits per heavy atom. The Labute approximate surface area is 158 Å². The van der Waals surface area contributed by atoms with Crippen molar-refractivity contribution >= 4 is 28.5 Å². The van der Waals surface area contributed by atoms with Crippen LogP contribution in [-0.2, 0) is 0 Å². The summed E-state index contributed by atoms with van der Waals surface area (Å²) in [5, 5.41) is 33.3. The second-order valence-electron chi connectivity index (χ2n) is 6.55. The van der Waals surface area contributed by atoms with E-state index < -0.39 is 30.0 Å². The molecule has 8 nitrogen and oxygen atoms in total. The van der Waals surface area contributed by atoms with E-state index >= 15 is 0 Å². The molecule has 0 amide bonds. The van der Waals surface area contributed by atoms with E-state index in [1.807, 2.05) is 0 Å². The first-order valence-corrected chi connectivity index (χ1v) is 8.74. The minimum atomic E-state index is -1.14. The smallest absolute Gasteiger partial charge is 0.183 e. The summed E-state index contributed by atoms with van der Waals surface area (Å²) >= 11 is 6.00. The molecule has 0 saturated heterocycles. The summed E-state index contributed by atoms with van der Waals surface area (Å²) in [5.74, 6) is -1.02. The number of aliphatic hydroxyl groups is 3. The number of H-pyrrole nitrogens is 1. The normalized spacial score (nSPS) is 25.2. The Bertz CT molecular complexity index is 984. The van der Waals surface area contributed by atoms with Crippen LogP contribution in [0.5, 0.6) is 0 Å². The fraction of sp³-hybridized carbons (Fsp3) is 0.353. The minimum absolute atomic E-state index is 0.0980. The molecule has 0 spiro atoms. The van der Waals surface area contributed by atoms with Gasteiger partial charge in [0.2, 0.25) is 0 Å². The molecule has 0 aromatic carbocycles. The second kappa shape index (κ2) is 7.01. The Morgan fingerprint density at radius 3 is 2.81 bits per heavy atom. The molecule has 142 valence electrons. The van der Waals surface area contributed by atoms with Gasteiger partial charge in [0.1, 0.15) is 11.8 Å². The third kappa shape index (κ3) is 3.23. The third-order valence-corrected chi connectivity index (χ3v) is 5.05. The van der Waals surface area contributed by atoms with E-state index in [2.05, 4.69) is 25.3 Å². The maximum atomic E-state index is 14.2. The Balaban J connectivity index is 1.67. The molecule has 1 aliphatic rings. The fourth-order valence-electron chi connectivity index (χ4n) is 3.39. The number of hydrogen-bond acceptors (Lipinski definition) is 7. The zero-order chi connectivity index (χ0) is 19.1. The number of fused-ring (bicyclic) bond motifs is 1. The first kappa shape index (κ1) is 18.1. The van der Waals surface area contributed by atoms with E-state index in [-0.39, 0.29) is 24.7 Å². The molecule has 5 N–H and O–H groups in total. The van der Waals surface area contributed by atoms with Crippen molar-refractivity contribution in [1.82, 2.24) is 19.9 Å². The highest BCUT2D eigenvalue weighted by Crippen LogP contribution is 2.31. The van der Waals surface area contributed by atoms with Crippen molar-refractivity contribution in [2.24, 2.45) is 5.92 Å². The Morgan fingerprint density at radius 1 is 1.26 bits per heavy atom. The summed E-state index contributed by atoms with van der Waals surface area (Å²) in [6.07, 6.45) is 2.25. The fourth-order valence-corrected chi connectivity index (χ4v) is 3.54. The van der Waals surface area contributed by atoms with Crippen LogP contribution in [0.4, 0.5) is 10.2 Å². The van der Waals surface area contributed by atoms with Gasteiger partial charge in [-0.2, -0.15) is 0 Å². The van der Waals surface area contributed by atoms with Gasteiger partial charge in [0.05, 0.1) is 23.4 Å². The molecule has 3 heterocycles. The van der Waals surface area contributed by atoms with Crippen LogP contribution in [0.3, 0.4) is 0 Å². The number of nitrogens with zero attached hydrogens (tertiary/aromatic N) is 3. The highest BCUT2D eigenvalue weighted by molar-refractivity contribution is 6.31. The highest BCUT2D eigenvalue weighted by Gasteiger charge is 2.41. The van der Waals surface area contributed by atoms with Crippen LogP contribution in [0.25, 0.3) is 22.4 Å². The molecular formula is C17H17ClFN5O3. The predicted octanol–water partition coefficient (Wildman–Crippen LogP) is 1.33. The quantitative estimate of drug-likeness (QED) is 0.452. The zero-order valence-electron chi connectivity index (χ0n) is 14.0.